The molecule has 0 radical (unpaired) electrons. The molecule has 1 aromatic rings. The Balaban J connectivity index is 2.39. The summed E-state index contributed by atoms with van der Waals surface area (Å²) in [5, 5.41) is 3.49. The Hall–Kier alpha value is -0.610. The monoisotopic (exact) mass is 239 g/mol. The van der Waals surface area contributed by atoms with Crippen molar-refractivity contribution in [1.82, 2.24) is 15.3 Å². The SMILES string of the molecule is CCC(CC)(CNCc1cncnc1)SC. The van der Waals surface area contributed by atoms with Crippen molar-refractivity contribution in [1.29, 1.82) is 0 Å². The average Bonchev–Trinajstić information content (AvgIpc) is 2.37. The Bertz CT molecular complexity index is 277. The van der Waals surface area contributed by atoms with Crippen molar-refractivity contribution in [3.63, 3.8) is 0 Å². The first-order chi connectivity index (χ1) is 7.76. The van der Waals surface area contributed by atoms with Crippen LogP contribution in [-0.4, -0.2) is 27.5 Å². The van der Waals surface area contributed by atoms with Gasteiger partial charge in [0.2, 0.25) is 0 Å². The van der Waals surface area contributed by atoms with Crippen LogP contribution in [0.15, 0.2) is 18.7 Å². The highest BCUT2D eigenvalue weighted by Crippen LogP contribution is 2.29. The van der Waals surface area contributed by atoms with Gasteiger partial charge < -0.3 is 5.32 Å². The highest BCUT2D eigenvalue weighted by atomic mass is 32.2. The second-order valence-corrected chi connectivity index (χ2v) is 5.22. The molecule has 1 rings (SSSR count). The molecule has 1 N–H and O–H groups in total. The van der Waals surface area contributed by atoms with E-state index in [0.29, 0.717) is 4.75 Å². The van der Waals surface area contributed by atoms with Gasteiger partial charge in [0.1, 0.15) is 6.33 Å². The van der Waals surface area contributed by atoms with Crippen LogP contribution in [0.25, 0.3) is 0 Å². The Kier molecular flexibility index (Phi) is 5.77. The molecule has 1 heterocycles. The Morgan fingerprint density at radius 2 is 1.88 bits per heavy atom. The van der Waals surface area contributed by atoms with Crippen LogP contribution in [0.3, 0.4) is 0 Å². The Morgan fingerprint density at radius 1 is 1.25 bits per heavy atom. The quantitative estimate of drug-likeness (QED) is 0.793. The van der Waals surface area contributed by atoms with Crippen LogP contribution in [0, 0.1) is 0 Å². The van der Waals surface area contributed by atoms with Gasteiger partial charge in [-0.15, -0.1) is 0 Å². The van der Waals surface area contributed by atoms with Gasteiger partial charge in [-0.3, -0.25) is 0 Å². The number of hydrogen-bond acceptors (Lipinski definition) is 4. The summed E-state index contributed by atoms with van der Waals surface area (Å²) in [5.74, 6) is 0. The van der Waals surface area contributed by atoms with Crippen LogP contribution < -0.4 is 5.32 Å². The minimum absolute atomic E-state index is 0.371. The van der Waals surface area contributed by atoms with E-state index in [1.807, 2.05) is 24.2 Å². The number of rotatable bonds is 7. The summed E-state index contributed by atoms with van der Waals surface area (Å²) in [6.45, 7) is 6.40. The summed E-state index contributed by atoms with van der Waals surface area (Å²) in [4.78, 5) is 8.01. The highest BCUT2D eigenvalue weighted by Gasteiger charge is 2.23. The lowest BCUT2D eigenvalue weighted by Gasteiger charge is -2.29. The van der Waals surface area contributed by atoms with Gasteiger partial charge in [0.05, 0.1) is 0 Å². The maximum atomic E-state index is 4.00. The molecule has 0 fully saturated rings. The molecule has 90 valence electrons. The molecule has 0 aliphatic heterocycles. The molecular formula is C12H21N3S. The van der Waals surface area contributed by atoms with Gasteiger partial charge >= 0.3 is 0 Å². The van der Waals surface area contributed by atoms with E-state index in [9.17, 15) is 0 Å². The van der Waals surface area contributed by atoms with Crippen LogP contribution in [0.2, 0.25) is 0 Å². The zero-order valence-electron chi connectivity index (χ0n) is 10.4. The first-order valence-corrected chi connectivity index (χ1v) is 6.98. The van der Waals surface area contributed by atoms with E-state index in [-0.39, 0.29) is 0 Å². The van der Waals surface area contributed by atoms with E-state index in [2.05, 4.69) is 35.4 Å². The summed E-state index contributed by atoms with van der Waals surface area (Å²) in [6.07, 6.45) is 9.87. The normalized spacial score (nSPS) is 11.7. The second-order valence-electron chi connectivity index (χ2n) is 3.94. The zero-order chi connectivity index (χ0) is 11.9. The minimum Gasteiger partial charge on any atom is -0.311 e. The van der Waals surface area contributed by atoms with Gasteiger partial charge in [-0.25, -0.2) is 9.97 Å². The molecule has 3 nitrogen and oxygen atoms in total. The molecule has 0 saturated heterocycles. The third-order valence-electron chi connectivity index (χ3n) is 3.11. The second kappa shape index (κ2) is 6.86. The summed E-state index contributed by atoms with van der Waals surface area (Å²) in [6, 6.07) is 0. The first-order valence-electron chi connectivity index (χ1n) is 5.76. The third-order valence-corrected chi connectivity index (χ3v) is 4.70. The van der Waals surface area contributed by atoms with Crippen LogP contribution in [0.5, 0.6) is 0 Å². The summed E-state index contributed by atoms with van der Waals surface area (Å²) in [5.41, 5.74) is 1.14. The van der Waals surface area contributed by atoms with Crippen LogP contribution in [0.4, 0.5) is 0 Å². The highest BCUT2D eigenvalue weighted by molar-refractivity contribution is 8.00. The number of nitrogens with zero attached hydrogens (tertiary/aromatic N) is 2. The lowest BCUT2D eigenvalue weighted by Crippen LogP contribution is -2.36. The van der Waals surface area contributed by atoms with Gasteiger partial charge in [0.15, 0.2) is 0 Å². The number of nitrogens with one attached hydrogen (secondary N) is 1. The molecule has 16 heavy (non-hydrogen) atoms. The van der Waals surface area contributed by atoms with E-state index in [1.165, 1.54) is 12.8 Å². The van der Waals surface area contributed by atoms with Crippen molar-refractivity contribution in [3.05, 3.63) is 24.3 Å². The molecule has 0 bridgehead atoms. The largest absolute Gasteiger partial charge is 0.311 e. The molecule has 1 aromatic heterocycles. The maximum absolute atomic E-state index is 4.00. The van der Waals surface area contributed by atoms with Crippen molar-refractivity contribution >= 4 is 11.8 Å². The van der Waals surface area contributed by atoms with Crippen LogP contribution in [-0.2, 0) is 6.54 Å². The predicted molar refractivity (Wildman–Crippen MR) is 70.6 cm³/mol. The van der Waals surface area contributed by atoms with E-state index >= 15 is 0 Å². The van der Waals surface area contributed by atoms with E-state index < -0.39 is 0 Å². The standard InChI is InChI=1S/C12H21N3S/c1-4-12(5-2,16-3)9-13-6-11-7-14-10-15-8-11/h7-8,10,13H,4-6,9H2,1-3H3. The van der Waals surface area contributed by atoms with Gasteiger partial charge in [0, 0.05) is 35.8 Å². The fourth-order valence-electron chi connectivity index (χ4n) is 1.72. The van der Waals surface area contributed by atoms with Crippen molar-refractivity contribution < 1.29 is 0 Å². The predicted octanol–water partition coefficient (Wildman–Crippen LogP) is 2.49. The molecule has 0 spiro atoms. The average molecular weight is 239 g/mol. The Morgan fingerprint density at radius 3 is 2.38 bits per heavy atom. The lowest BCUT2D eigenvalue weighted by atomic mass is 10.0. The third kappa shape index (κ3) is 3.76. The molecule has 0 saturated carbocycles. The zero-order valence-corrected chi connectivity index (χ0v) is 11.2. The molecule has 0 amide bonds. The van der Waals surface area contributed by atoms with Gasteiger partial charge in [0.25, 0.3) is 0 Å². The van der Waals surface area contributed by atoms with Crippen LogP contribution in [0.1, 0.15) is 32.3 Å². The van der Waals surface area contributed by atoms with E-state index in [1.54, 1.807) is 6.33 Å². The lowest BCUT2D eigenvalue weighted by molar-refractivity contribution is 0.494. The van der Waals surface area contributed by atoms with Gasteiger partial charge in [-0.1, -0.05) is 13.8 Å². The van der Waals surface area contributed by atoms with E-state index in [4.69, 9.17) is 0 Å². The number of thioether (sulfide) groups is 1. The minimum atomic E-state index is 0.371. The van der Waals surface area contributed by atoms with Crippen molar-refractivity contribution in [2.45, 2.75) is 38.0 Å². The smallest absolute Gasteiger partial charge is 0.115 e. The summed E-state index contributed by atoms with van der Waals surface area (Å²) >= 11 is 1.96. The summed E-state index contributed by atoms with van der Waals surface area (Å²) in [7, 11) is 0. The molecule has 0 aliphatic rings. The van der Waals surface area contributed by atoms with Crippen molar-refractivity contribution in [3.8, 4) is 0 Å². The molecule has 0 unspecified atom stereocenters. The van der Waals surface area contributed by atoms with Crippen LogP contribution >= 0.6 is 11.8 Å². The molecule has 0 aromatic carbocycles. The topological polar surface area (TPSA) is 37.8 Å². The Labute approximate surface area is 102 Å². The van der Waals surface area contributed by atoms with Crippen molar-refractivity contribution in [2.75, 3.05) is 12.8 Å². The molecular weight excluding hydrogens is 218 g/mol. The summed E-state index contributed by atoms with van der Waals surface area (Å²) < 4.78 is 0.371. The molecule has 4 heteroatoms. The number of hydrogen-bond donors (Lipinski definition) is 1. The van der Waals surface area contributed by atoms with Gasteiger partial charge in [-0.2, -0.15) is 11.8 Å². The fraction of sp³-hybridized carbons (Fsp3) is 0.667. The van der Waals surface area contributed by atoms with Gasteiger partial charge in [-0.05, 0) is 19.1 Å². The molecule has 0 aliphatic carbocycles. The molecule has 0 atom stereocenters. The maximum Gasteiger partial charge on any atom is 0.115 e. The van der Waals surface area contributed by atoms with Crippen molar-refractivity contribution in [2.24, 2.45) is 0 Å². The first kappa shape index (κ1) is 13.5. The fourth-order valence-corrected chi connectivity index (χ4v) is 2.54. The number of aromatic nitrogens is 2. The van der Waals surface area contributed by atoms with E-state index in [0.717, 1.165) is 18.7 Å².